The van der Waals surface area contributed by atoms with Crippen molar-refractivity contribution in [3.8, 4) is 11.5 Å². The molecular weight excluding hydrogens is 420 g/mol. The molecule has 0 aliphatic carbocycles. The summed E-state index contributed by atoms with van der Waals surface area (Å²) < 4.78 is 11.9. The first-order chi connectivity index (χ1) is 13.7. The summed E-state index contributed by atoms with van der Waals surface area (Å²) in [6.45, 7) is 3.05. The van der Waals surface area contributed by atoms with E-state index >= 15 is 0 Å². The number of ether oxygens (including phenoxy) is 2. The van der Waals surface area contributed by atoms with E-state index in [1.165, 1.54) is 11.1 Å². The van der Waals surface area contributed by atoms with Gasteiger partial charge in [0.15, 0.2) is 11.5 Å². The van der Waals surface area contributed by atoms with Crippen LogP contribution in [0.4, 0.5) is 11.6 Å². The van der Waals surface area contributed by atoms with E-state index in [-0.39, 0.29) is 6.79 Å². The van der Waals surface area contributed by atoms with Gasteiger partial charge in [-0.2, -0.15) is 0 Å². The van der Waals surface area contributed by atoms with E-state index < -0.39 is 0 Å². The lowest BCUT2D eigenvalue weighted by Crippen LogP contribution is -2.31. The van der Waals surface area contributed by atoms with Gasteiger partial charge in [-0.05, 0) is 29.8 Å². The van der Waals surface area contributed by atoms with Gasteiger partial charge < -0.3 is 14.8 Å². The Hall–Kier alpha value is -2.64. The summed E-state index contributed by atoms with van der Waals surface area (Å²) in [7, 11) is 0. The van der Waals surface area contributed by atoms with Crippen LogP contribution < -0.4 is 14.8 Å². The van der Waals surface area contributed by atoms with Gasteiger partial charge in [0.05, 0.1) is 5.69 Å². The van der Waals surface area contributed by atoms with Gasteiger partial charge >= 0.3 is 0 Å². The Morgan fingerprint density at radius 3 is 2.96 bits per heavy atom. The Morgan fingerprint density at radius 1 is 1.11 bits per heavy atom. The Bertz CT molecular complexity index is 1030. The van der Waals surface area contributed by atoms with E-state index in [2.05, 4.69) is 55.4 Å². The summed E-state index contributed by atoms with van der Waals surface area (Å²) in [4.78, 5) is 11.7. The fourth-order valence-electron chi connectivity index (χ4n) is 3.57. The van der Waals surface area contributed by atoms with Crippen molar-refractivity contribution >= 4 is 27.6 Å². The molecule has 1 aromatic heterocycles. The number of halogens is 1. The van der Waals surface area contributed by atoms with Crippen LogP contribution in [0.15, 0.2) is 53.1 Å². The molecule has 0 spiro atoms. The van der Waals surface area contributed by atoms with Crippen molar-refractivity contribution in [3.63, 3.8) is 0 Å². The molecule has 0 bridgehead atoms. The van der Waals surface area contributed by atoms with E-state index in [4.69, 9.17) is 14.5 Å². The maximum absolute atomic E-state index is 5.42. The van der Waals surface area contributed by atoms with E-state index in [0.29, 0.717) is 5.95 Å². The molecule has 0 radical (unpaired) electrons. The molecule has 2 aromatic carbocycles. The molecule has 2 aliphatic rings. The third-order valence-electron chi connectivity index (χ3n) is 4.94. The number of anilines is 2. The number of benzene rings is 2. The number of aromatic nitrogens is 2. The van der Waals surface area contributed by atoms with Gasteiger partial charge in [0, 0.05) is 54.0 Å². The standard InChI is InChI=1S/C21H19BrN4O2/c22-16-3-1-2-14(8-16)11-26-7-6-18-15(12-26)10-23-21(25-18)24-17-4-5-19-20(9-17)28-13-27-19/h1-5,8-10H,6-7,11-13H2,(H,23,24,25). The monoisotopic (exact) mass is 438 g/mol. The third kappa shape index (κ3) is 3.68. The smallest absolute Gasteiger partial charge is 0.231 e. The second-order valence-corrected chi connectivity index (χ2v) is 7.86. The Balaban J connectivity index is 1.28. The van der Waals surface area contributed by atoms with Crippen molar-refractivity contribution < 1.29 is 9.47 Å². The maximum atomic E-state index is 5.42. The lowest BCUT2D eigenvalue weighted by Gasteiger charge is -2.28. The average Bonchev–Trinajstić information content (AvgIpc) is 3.16. The zero-order valence-electron chi connectivity index (χ0n) is 15.2. The number of rotatable bonds is 4. The predicted octanol–water partition coefficient (Wildman–Crippen LogP) is 4.27. The van der Waals surface area contributed by atoms with E-state index in [9.17, 15) is 0 Å². The van der Waals surface area contributed by atoms with Crippen LogP contribution >= 0.6 is 15.9 Å². The minimum atomic E-state index is 0.268. The normalized spacial score (nSPS) is 15.3. The topological polar surface area (TPSA) is 59.5 Å². The van der Waals surface area contributed by atoms with Crippen molar-refractivity contribution in [1.29, 1.82) is 0 Å². The Kier molecular flexibility index (Phi) is 4.62. The van der Waals surface area contributed by atoms with Gasteiger partial charge in [-0.15, -0.1) is 0 Å². The highest BCUT2D eigenvalue weighted by atomic mass is 79.9. The molecule has 0 amide bonds. The zero-order valence-corrected chi connectivity index (χ0v) is 16.8. The van der Waals surface area contributed by atoms with Crippen molar-refractivity contribution in [3.05, 3.63) is 70.0 Å². The molecule has 0 unspecified atom stereocenters. The summed E-state index contributed by atoms with van der Waals surface area (Å²) >= 11 is 3.54. The molecule has 28 heavy (non-hydrogen) atoms. The largest absolute Gasteiger partial charge is 0.454 e. The van der Waals surface area contributed by atoms with Gasteiger partial charge in [-0.3, -0.25) is 4.90 Å². The van der Waals surface area contributed by atoms with E-state index in [1.807, 2.05) is 24.4 Å². The fraction of sp³-hybridized carbons (Fsp3) is 0.238. The molecule has 1 N–H and O–H groups in total. The van der Waals surface area contributed by atoms with Gasteiger partial charge in [-0.25, -0.2) is 9.97 Å². The summed E-state index contributed by atoms with van der Waals surface area (Å²) in [5.41, 5.74) is 4.50. The lowest BCUT2D eigenvalue weighted by atomic mass is 10.1. The van der Waals surface area contributed by atoms with Gasteiger partial charge in [0.1, 0.15) is 0 Å². The number of nitrogens with one attached hydrogen (secondary N) is 1. The summed E-state index contributed by atoms with van der Waals surface area (Å²) in [6.07, 6.45) is 2.85. The second-order valence-electron chi connectivity index (χ2n) is 6.95. The van der Waals surface area contributed by atoms with Crippen molar-refractivity contribution in [2.45, 2.75) is 19.5 Å². The first-order valence-corrected chi connectivity index (χ1v) is 10.0. The maximum Gasteiger partial charge on any atom is 0.231 e. The molecular formula is C21H19BrN4O2. The van der Waals surface area contributed by atoms with Crippen LogP contribution in [-0.2, 0) is 19.5 Å². The number of hydrogen-bond acceptors (Lipinski definition) is 6. The molecule has 5 rings (SSSR count). The fourth-order valence-corrected chi connectivity index (χ4v) is 4.01. The number of hydrogen-bond donors (Lipinski definition) is 1. The number of fused-ring (bicyclic) bond motifs is 2. The summed E-state index contributed by atoms with van der Waals surface area (Å²) in [5.74, 6) is 2.12. The van der Waals surface area contributed by atoms with Crippen LogP contribution in [0.3, 0.4) is 0 Å². The second kappa shape index (κ2) is 7.41. The van der Waals surface area contributed by atoms with E-state index in [1.54, 1.807) is 0 Å². The molecule has 142 valence electrons. The van der Waals surface area contributed by atoms with Gasteiger partial charge in [-0.1, -0.05) is 28.1 Å². The highest BCUT2D eigenvalue weighted by Crippen LogP contribution is 2.34. The molecule has 0 fully saturated rings. The highest BCUT2D eigenvalue weighted by Gasteiger charge is 2.19. The van der Waals surface area contributed by atoms with Crippen molar-refractivity contribution in [2.24, 2.45) is 0 Å². The van der Waals surface area contributed by atoms with Crippen LogP contribution in [0, 0.1) is 0 Å². The predicted molar refractivity (Wildman–Crippen MR) is 110 cm³/mol. The van der Waals surface area contributed by atoms with Crippen LogP contribution in [0.1, 0.15) is 16.8 Å². The van der Waals surface area contributed by atoms with Gasteiger partial charge in [0.2, 0.25) is 12.7 Å². The van der Waals surface area contributed by atoms with E-state index in [0.717, 1.165) is 53.4 Å². The summed E-state index contributed by atoms with van der Waals surface area (Å²) in [5, 5.41) is 3.26. The molecule has 2 aliphatic heterocycles. The van der Waals surface area contributed by atoms with Gasteiger partial charge in [0.25, 0.3) is 0 Å². The molecule has 0 saturated carbocycles. The van der Waals surface area contributed by atoms with Crippen LogP contribution in [-0.4, -0.2) is 28.2 Å². The van der Waals surface area contributed by atoms with Crippen LogP contribution in [0.5, 0.6) is 11.5 Å². The van der Waals surface area contributed by atoms with Crippen LogP contribution in [0.2, 0.25) is 0 Å². The number of nitrogens with zero attached hydrogens (tertiary/aromatic N) is 3. The average molecular weight is 439 g/mol. The molecule has 7 heteroatoms. The quantitative estimate of drug-likeness (QED) is 0.656. The molecule has 0 saturated heterocycles. The highest BCUT2D eigenvalue weighted by molar-refractivity contribution is 9.10. The molecule has 3 aromatic rings. The minimum absolute atomic E-state index is 0.268. The third-order valence-corrected chi connectivity index (χ3v) is 5.43. The van der Waals surface area contributed by atoms with Crippen molar-refractivity contribution in [1.82, 2.24) is 14.9 Å². The summed E-state index contributed by atoms with van der Waals surface area (Å²) in [6, 6.07) is 14.2. The lowest BCUT2D eigenvalue weighted by molar-refractivity contribution is 0.174. The SMILES string of the molecule is Brc1cccc(CN2CCc3nc(Nc4ccc5c(c4)OCO5)ncc3C2)c1. The van der Waals surface area contributed by atoms with Crippen molar-refractivity contribution in [2.75, 3.05) is 18.7 Å². The molecule has 3 heterocycles. The Labute approximate surface area is 171 Å². The first kappa shape index (κ1) is 17.5. The Morgan fingerprint density at radius 2 is 2.04 bits per heavy atom. The minimum Gasteiger partial charge on any atom is -0.454 e. The first-order valence-electron chi connectivity index (χ1n) is 9.21. The zero-order chi connectivity index (χ0) is 18.9. The molecule has 0 atom stereocenters. The molecule has 6 nitrogen and oxygen atoms in total. The van der Waals surface area contributed by atoms with Crippen LogP contribution in [0.25, 0.3) is 0 Å².